The Morgan fingerprint density at radius 1 is 1.37 bits per heavy atom. The Morgan fingerprint density at radius 2 is 2.16 bits per heavy atom. The third kappa shape index (κ3) is 3.41. The molecule has 1 heterocycles. The molecule has 5 heteroatoms. The first kappa shape index (κ1) is 13.7. The van der Waals surface area contributed by atoms with E-state index in [1.54, 1.807) is 6.07 Å². The molecule has 0 aliphatic carbocycles. The van der Waals surface area contributed by atoms with E-state index < -0.39 is 6.10 Å². The van der Waals surface area contributed by atoms with Gasteiger partial charge in [-0.3, -0.25) is 4.79 Å². The number of aryl methyl sites for hydroxylation is 1. The van der Waals surface area contributed by atoms with Crippen LogP contribution in [0.1, 0.15) is 11.3 Å². The smallest absolute Gasteiger partial charge is 0.189 e. The van der Waals surface area contributed by atoms with Crippen LogP contribution in [0.25, 0.3) is 10.9 Å². The van der Waals surface area contributed by atoms with Crippen LogP contribution in [-0.4, -0.2) is 34.5 Å². The molecule has 0 saturated carbocycles. The molecule has 0 unspecified atom stereocenters. The van der Waals surface area contributed by atoms with Crippen molar-refractivity contribution in [2.75, 3.05) is 13.2 Å². The molecule has 0 radical (unpaired) electrons. The molecule has 19 heavy (non-hydrogen) atoms. The summed E-state index contributed by atoms with van der Waals surface area (Å²) in [6.45, 7) is 2.39. The largest absolute Gasteiger partial charge is 0.394 e. The Hall–Kier alpha value is -1.69. The minimum Gasteiger partial charge on any atom is -0.394 e. The summed E-state index contributed by atoms with van der Waals surface area (Å²) in [6, 6.07) is 7.25. The molecule has 2 aromatic rings. The molecule has 1 atom stereocenters. The Balaban J connectivity index is 2.17. The van der Waals surface area contributed by atoms with E-state index in [1.807, 2.05) is 25.1 Å². The maximum Gasteiger partial charge on any atom is 0.189 e. The predicted molar refractivity (Wildman–Crippen MR) is 74.1 cm³/mol. The number of H-pyrrole nitrogens is 1. The minimum atomic E-state index is -0.783. The number of benzene rings is 1. The fraction of sp³-hybridized carbons (Fsp3) is 0.357. The highest BCUT2D eigenvalue weighted by Gasteiger charge is 2.04. The molecule has 0 spiro atoms. The van der Waals surface area contributed by atoms with Crippen LogP contribution in [0.2, 0.25) is 0 Å². The van der Waals surface area contributed by atoms with Gasteiger partial charge in [-0.15, -0.1) is 0 Å². The number of hydrogen-bond donors (Lipinski definition) is 4. The van der Waals surface area contributed by atoms with E-state index in [2.05, 4.69) is 10.3 Å². The van der Waals surface area contributed by atoms with Crippen molar-refractivity contribution in [2.24, 2.45) is 0 Å². The van der Waals surface area contributed by atoms with Crippen molar-refractivity contribution < 1.29 is 10.2 Å². The molecule has 5 nitrogen and oxygen atoms in total. The number of fused-ring (bicyclic) bond motifs is 1. The van der Waals surface area contributed by atoms with E-state index in [-0.39, 0.29) is 18.6 Å². The van der Waals surface area contributed by atoms with Crippen molar-refractivity contribution >= 4 is 10.9 Å². The lowest BCUT2D eigenvalue weighted by Crippen LogP contribution is -2.29. The van der Waals surface area contributed by atoms with Gasteiger partial charge < -0.3 is 20.5 Å². The van der Waals surface area contributed by atoms with Crippen LogP contribution in [0.5, 0.6) is 0 Å². The second-order valence-electron chi connectivity index (χ2n) is 4.68. The summed E-state index contributed by atoms with van der Waals surface area (Å²) in [7, 11) is 0. The lowest BCUT2D eigenvalue weighted by Gasteiger charge is -2.09. The Labute approximate surface area is 110 Å². The molecule has 0 aliphatic heterocycles. The molecule has 1 aromatic carbocycles. The van der Waals surface area contributed by atoms with Crippen LogP contribution in [0.15, 0.2) is 29.1 Å². The van der Waals surface area contributed by atoms with E-state index in [0.29, 0.717) is 11.9 Å². The SMILES string of the molecule is Cc1ccc2[nH]c(CNC[C@H](O)CO)cc(=O)c2c1. The van der Waals surface area contributed by atoms with Gasteiger partial charge in [0.25, 0.3) is 0 Å². The van der Waals surface area contributed by atoms with Crippen LogP contribution in [0, 0.1) is 6.92 Å². The minimum absolute atomic E-state index is 0.0167. The maximum atomic E-state index is 12.0. The Bertz CT molecular complexity index is 622. The van der Waals surface area contributed by atoms with Gasteiger partial charge in [-0.2, -0.15) is 0 Å². The van der Waals surface area contributed by atoms with Gasteiger partial charge in [0.2, 0.25) is 0 Å². The molecule has 0 saturated heterocycles. The molecule has 4 N–H and O–H groups in total. The Morgan fingerprint density at radius 3 is 2.89 bits per heavy atom. The number of pyridine rings is 1. The highest BCUT2D eigenvalue weighted by molar-refractivity contribution is 5.79. The Kier molecular flexibility index (Phi) is 4.31. The summed E-state index contributed by atoms with van der Waals surface area (Å²) in [5.41, 5.74) is 2.59. The summed E-state index contributed by atoms with van der Waals surface area (Å²) in [6.07, 6.45) is -0.783. The lowest BCUT2D eigenvalue weighted by molar-refractivity contribution is 0.0941. The summed E-state index contributed by atoms with van der Waals surface area (Å²) in [5, 5.41) is 21.6. The van der Waals surface area contributed by atoms with Gasteiger partial charge in [-0.25, -0.2) is 0 Å². The second-order valence-corrected chi connectivity index (χ2v) is 4.68. The van der Waals surface area contributed by atoms with Crippen LogP contribution in [0.3, 0.4) is 0 Å². The molecular formula is C14H18N2O3. The van der Waals surface area contributed by atoms with Crippen molar-refractivity contribution in [3.63, 3.8) is 0 Å². The van der Waals surface area contributed by atoms with Gasteiger partial charge in [0, 0.05) is 35.8 Å². The lowest BCUT2D eigenvalue weighted by atomic mass is 10.1. The molecule has 1 aromatic heterocycles. The van der Waals surface area contributed by atoms with Crippen molar-refractivity contribution in [3.05, 3.63) is 45.7 Å². The van der Waals surface area contributed by atoms with E-state index in [9.17, 15) is 9.90 Å². The standard InChI is InChI=1S/C14H18N2O3/c1-9-2-3-13-12(4-9)14(19)5-10(16-13)6-15-7-11(18)8-17/h2-5,11,15,17-18H,6-8H2,1H3,(H,16,19)/t11-/m0/s1. The van der Waals surface area contributed by atoms with E-state index in [1.165, 1.54) is 0 Å². The number of aromatic amines is 1. The topological polar surface area (TPSA) is 85.3 Å². The third-order valence-electron chi connectivity index (χ3n) is 2.95. The molecule has 0 amide bonds. The predicted octanol–water partition coefficient (Wildman–Crippen LogP) is 0.279. The molecule has 2 rings (SSSR count). The molecule has 0 fully saturated rings. The number of aromatic nitrogens is 1. The van der Waals surface area contributed by atoms with E-state index in [0.717, 1.165) is 16.8 Å². The fourth-order valence-electron chi connectivity index (χ4n) is 1.95. The van der Waals surface area contributed by atoms with Crippen LogP contribution in [-0.2, 0) is 6.54 Å². The van der Waals surface area contributed by atoms with Gasteiger partial charge in [0.1, 0.15) is 0 Å². The highest BCUT2D eigenvalue weighted by Crippen LogP contribution is 2.10. The zero-order valence-electron chi connectivity index (χ0n) is 10.8. The second kappa shape index (κ2) is 5.97. The molecule has 0 bridgehead atoms. The number of rotatable bonds is 5. The molecule has 0 aliphatic rings. The van der Waals surface area contributed by atoms with Gasteiger partial charge in [-0.05, 0) is 19.1 Å². The van der Waals surface area contributed by atoms with Crippen molar-refractivity contribution in [1.82, 2.24) is 10.3 Å². The number of aliphatic hydroxyl groups is 2. The van der Waals surface area contributed by atoms with Gasteiger partial charge in [0.15, 0.2) is 5.43 Å². The average Bonchev–Trinajstić information content (AvgIpc) is 2.39. The van der Waals surface area contributed by atoms with Crippen LogP contribution < -0.4 is 10.7 Å². The summed E-state index contributed by atoms with van der Waals surface area (Å²) >= 11 is 0. The number of aliphatic hydroxyl groups excluding tert-OH is 2. The van der Waals surface area contributed by atoms with Gasteiger partial charge in [0.05, 0.1) is 12.7 Å². The van der Waals surface area contributed by atoms with E-state index in [4.69, 9.17) is 5.11 Å². The van der Waals surface area contributed by atoms with Crippen LogP contribution >= 0.6 is 0 Å². The number of nitrogens with one attached hydrogen (secondary N) is 2. The third-order valence-corrected chi connectivity index (χ3v) is 2.95. The average molecular weight is 262 g/mol. The van der Waals surface area contributed by atoms with Crippen LogP contribution in [0.4, 0.5) is 0 Å². The van der Waals surface area contributed by atoms with Crippen molar-refractivity contribution in [2.45, 2.75) is 19.6 Å². The highest BCUT2D eigenvalue weighted by atomic mass is 16.3. The monoisotopic (exact) mass is 262 g/mol. The first-order valence-corrected chi connectivity index (χ1v) is 6.22. The zero-order chi connectivity index (χ0) is 13.8. The zero-order valence-corrected chi connectivity index (χ0v) is 10.8. The quantitative estimate of drug-likeness (QED) is 0.623. The normalized spacial score (nSPS) is 12.8. The van der Waals surface area contributed by atoms with Crippen molar-refractivity contribution in [3.8, 4) is 0 Å². The molecule has 102 valence electrons. The summed E-state index contributed by atoms with van der Waals surface area (Å²) in [5.74, 6) is 0. The first-order valence-electron chi connectivity index (χ1n) is 6.22. The van der Waals surface area contributed by atoms with Gasteiger partial charge in [-0.1, -0.05) is 11.6 Å². The molecular weight excluding hydrogens is 244 g/mol. The summed E-state index contributed by atoms with van der Waals surface area (Å²) in [4.78, 5) is 15.1. The number of hydrogen-bond acceptors (Lipinski definition) is 4. The summed E-state index contributed by atoms with van der Waals surface area (Å²) < 4.78 is 0. The van der Waals surface area contributed by atoms with E-state index >= 15 is 0 Å². The first-order chi connectivity index (χ1) is 9.10. The van der Waals surface area contributed by atoms with Crippen molar-refractivity contribution in [1.29, 1.82) is 0 Å². The fourth-order valence-corrected chi connectivity index (χ4v) is 1.95. The van der Waals surface area contributed by atoms with Gasteiger partial charge >= 0.3 is 0 Å². The maximum absolute atomic E-state index is 12.0.